The Morgan fingerprint density at radius 2 is 1.78 bits per heavy atom. The Labute approximate surface area is 295 Å². The number of ether oxygens (including phenoxy) is 2. The average Bonchev–Trinajstić information content (AvgIpc) is 3.29. The van der Waals surface area contributed by atoms with E-state index in [0.717, 1.165) is 33.6 Å². The lowest BCUT2D eigenvalue weighted by Gasteiger charge is -2.40. The second kappa shape index (κ2) is 14.3. The number of likely N-dealkylation sites (tertiary alicyclic amines) is 1. The maximum Gasteiger partial charge on any atom is 0.401 e. The van der Waals surface area contributed by atoms with Crippen LogP contribution in [0.4, 0.5) is 24.5 Å². The van der Waals surface area contributed by atoms with Crippen molar-refractivity contribution in [1.29, 1.82) is 0 Å². The highest BCUT2D eigenvalue weighted by Gasteiger charge is 2.50. The number of nitrogens with one attached hydrogen (secondary N) is 2. The van der Waals surface area contributed by atoms with Crippen molar-refractivity contribution < 1.29 is 32.2 Å². The average molecular weight is 710 g/mol. The van der Waals surface area contributed by atoms with Crippen molar-refractivity contribution in [2.24, 2.45) is 0 Å². The molecule has 1 spiro atoms. The van der Waals surface area contributed by atoms with Crippen LogP contribution in [0.3, 0.4) is 0 Å². The Bertz CT molecular complexity index is 1860. The minimum atomic E-state index is -4.25. The highest BCUT2D eigenvalue weighted by atomic mass is 19.4. The van der Waals surface area contributed by atoms with E-state index in [-0.39, 0.29) is 30.0 Å². The van der Waals surface area contributed by atoms with Gasteiger partial charge >= 0.3 is 6.18 Å². The van der Waals surface area contributed by atoms with Crippen molar-refractivity contribution in [3.05, 3.63) is 74.7 Å². The monoisotopic (exact) mass is 709 g/mol. The predicted octanol–water partition coefficient (Wildman–Crippen LogP) is 5.47. The number of rotatable bonds is 9. The molecular formula is C38H46F3N5O5. The van der Waals surface area contributed by atoms with Crippen molar-refractivity contribution >= 4 is 23.2 Å². The van der Waals surface area contributed by atoms with Crippen molar-refractivity contribution in [3.8, 4) is 16.9 Å². The van der Waals surface area contributed by atoms with E-state index in [0.29, 0.717) is 81.1 Å². The molecule has 6 rings (SSSR count). The molecule has 4 heterocycles. The number of hydrogen-bond donors (Lipinski definition) is 2. The van der Waals surface area contributed by atoms with Gasteiger partial charge in [0.25, 0.3) is 11.5 Å². The number of methoxy groups -OCH3 is 1. The van der Waals surface area contributed by atoms with E-state index in [9.17, 15) is 27.6 Å². The van der Waals surface area contributed by atoms with Crippen LogP contribution in [0.5, 0.6) is 5.75 Å². The first-order valence-corrected chi connectivity index (χ1v) is 17.5. The zero-order valence-electron chi connectivity index (χ0n) is 29.8. The van der Waals surface area contributed by atoms with Gasteiger partial charge in [0.1, 0.15) is 5.75 Å². The molecule has 0 saturated carbocycles. The van der Waals surface area contributed by atoms with E-state index < -0.39 is 18.1 Å². The van der Waals surface area contributed by atoms with Gasteiger partial charge in [0, 0.05) is 68.6 Å². The van der Waals surface area contributed by atoms with E-state index in [1.54, 1.807) is 24.9 Å². The van der Waals surface area contributed by atoms with E-state index in [1.807, 2.05) is 44.2 Å². The van der Waals surface area contributed by atoms with Gasteiger partial charge in [-0.1, -0.05) is 12.1 Å². The molecule has 0 bridgehead atoms. The van der Waals surface area contributed by atoms with Gasteiger partial charge in [-0.2, -0.15) is 13.2 Å². The quantitative estimate of drug-likeness (QED) is 0.304. The molecule has 13 heteroatoms. The molecule has 3 aliphatic rings. The highest BCUT2D eigenvalue weighted by Crippen LogP contribution is 2.48. The van der Waals surface area contributed by atoms with Gasteiger partial charge in [-0.25, -0.2) is 0 Å². The van der Waals surface area contributed by atoms with Crippen molar-refractivity contribution in [1.82, 2.24) is 15.2 Å². The van der Waals surface area contributed by atoms with E-state index in [1.165, 1.54) is 12.0 Å². The van der Waals surface area contributed by atoms with Crippen LogP contribution in [0.2, 0.25) is 0 Å². The van der Waals surface area contributed by atoms with Gasteiger partial charge in [0.2, 0.25) is 5.91 Å². The third kappa shape index (κ3) is 7.10. The predicted molar refractivity (Wildman–Crippen MR) is 190 cm³/mol. The molecule has 51 heavy (non-hydrogen) atoms. The summed E-state index contributed by atoms with van der Waals surface area (Å²) in [5, 5.41) is 2.92. The number of aryl methyl sites for hydroxylation is 1. The number of hydrogen-bond acceptors (Lipinski definition) is 7. The Hall–Kier alpha value is -4.36. The van der Waals surface area contributed by atoms with Crippen molar-refractivity contribution in [3.63, 3.8) is 0 Å². The summed E-state index contributed by atoms with van der Waals surface area (Å²) >= 11 is 0. The molecule has 2 fully saturated rings. The number of H-pyrrole nitrogens is 1. The Kier molecular flexibility index (Phi) is 10.2. The molecule has 0 unspecified atom stereocenters. The first kappa shape index (κ1) is 36.4. The summed E-state index contributed by atoms with van der Waals surface area (Å²) in [6.07, 6.45) is -1.94. The number of halogens is 3. The number of aromatic amines is 1. The van der Waals surface area contributed by atoms with Gasteiger partial charge in [-0.3, -0.25) is 19.3 Å². The Morgan fingerprint density at radius 3 is 2.43 bits per heavy atom. The topological polar surface area (TPSA) is 107 Å². The number of fused-ring (bicyclic) bond motifs is 2. The third-order valence-electron chi connectivity index (χ3n) is 10.8. The summed E-state index contributed by atoms with van der Waals surface area (Å²) in [5.74, 6) is 0.0392. The number of amides is 2. The number of benzene rings is 2. The van der Waals surface area contributed by atoms with E-state index in [4.69, 9.17) is 9.47 Å². The van der Waals surface area contributed by atoms with E-state index >= 15 is 0 Å². The number of nitrogens with zero attached hydrogens (tertiary/aromatic N) is 3. The normalized spacial score (nSPS) is 17.9. The second-order valence-electron chi connectivity index (χ2n) is 13.9. The largest absolute Gasteiger partial charge is 0.496 e. The number of aromatic nitrogens is 1. The maximum atomic E-state index is 14.0. The summed E-state index contributed by atoms with van der Waals surface area (Å²) in [7, 11) is 3.26. The van der Waals surface area contributed by atoms with Crippen molar-refractivity contribution in [2.45, 2.75) is 70.6 Å². The molecule has 2 aromatic carbocycles. The van der Waals surface area contributed by atoms with Crippen LogP contribution in [0.15, 0.2) is 41.2 Å². The van der Waals surface area contributed by atoms with Gasteiger partial charge in [0.05, 0.1) is 31.2 Å². The summed E-state index contributed by atoms with van der Waals surface area (Å²) < 4.78 is 50.5. The minimum Gasteiger partial charge on any atom is -0.496 e. The smallest absolute Gasteiger partial charge is 0.401 e. The van der Waals surface area contributed by atoms with Crippen LogP contribution in [0, 0.1) is 13.8 Å². The maximum absolute atomic E-state index is 14.0. The van der Waals surface area contributed by atoms with Crippen LogP contribution >= 0.6 is 0 Å². The molecule has 3 aromatic rings. The number of pyridine rings is 1. The minimum absolute atomic E-state index is 0.0307. The molecule has 274 valence electrons. The van der Waals surface area contributed by atoms with Gasteiger partial charge in [-0.05, 0) is 93.0 Å². The van der Waals surface area contributed by atoms with Gasteiger partial charge in [0.15, 0.2) is 0 Å². The van der Waals surface area contributed by atoms with E-state index in [2.05, 4.69) is 15.2 Å². The molecule has 10 nitrogen and oxygen atoms in total. The molecule has 1 aromatic heterocycles. The van der Waals surface area contributed by atoms with Gasteiger partial charge < -0.3 is 29.6 Å². The van der Waals surface area contributed by atoms with Gasteiger partial charge in [-0.15, -0.1) is 0 Å². The highest BCUT2D eigenvalue weighted by molar-refractivity contribution is 6.08. The summed E-state index contributed by atoms with van der Waals surface area (Å²) in [5.41, 5.74) is 5.27. The standard InChI is InChI=1S/C38H46F3N5O5/c1-6-46(27-9-13-45(14-10-27)22-38(39,40)41)31-20-26(25-7-8-30-32(19-25)44(4)36(49)37(30)11-15-51-16-12-37)18-28(24(31)3)34(47)42-21-29-33(50-5)17-23(2)43-35(29)48/h7-8,17-20,27H,6,9-16,21-22H2,1-5H3,(H,42,47)(H,43,48). The number of anilines is 2. The zero-order chi connectivity index (χ0) is 36.7. The lowest BCUT2D eigenvalue weighted by Crippen LogP contribution is -2.47. The van der Waals surface area contributed by atoms with Crippen LogP contribution in [0.1, 0.15) is 65.3 Å². The van der Waals surface area contributed by atoms with Crippen molar-refractivity contribution in [2.75, 3.05) is 63.4 Å². The zero-order valence-corrected chi connectivity index (χ0v) is 29.8. The fraction of sp³-hybridized carbons (Fsp3) is 0.500. The molecule has 2 amide bonds. The van der Waals surface area contributed by atoms with Crippen LogP contribution in [0.25, 0.3) is 11.1 Å². The summed E-state index contributed by atoms with van der Waals surface area (Å²) in [6.45, 7) is 6.88. The lowest BCUT2D eigenvalue weighted by atomic mass is 9.75. The molecule has 0 radical (unpaired) electrons. The third-order valence-corrected chi connectivity index (χ3v) is 10.8. The molecule has 0 aliphatic carbocycles. The number of carbonyl (C=O) groups excluding carboxylic acids is 2. The Morgan fingerprint density at radius 1 is 1.08 bits per heavy atom. The number of likely N-dealkylation sites (N-methyl/N-ethyl adjacent to an activating group) is 1. The summed E-state index contributed by atoms with van der Waals surface area (Å²) in [6, 6.07) is 11.5. The fourth-order valence-corrected chi connectivity index (χ4v) is 8.11. The number of alkyl halides is 3. The Balaban J connectivity index is 1.38. The molecule has 3 aliphatic heterocycles. The van der Waals surface area contributed by atoms with Crippen LogP contribution < -0.4 is 25.4 Å². The molecule has 2 N–H and O–H groups in total. The van der Waals surface area contributed by atoms with Crippen LogP contribution in [-0.2, 0) is 21.5 Å². The second-order valence-corrected chi connectivity index (χ2v) is 13.9. The molecular weight excluding hydrogens is 663 g/mol. The first-order chi connectivity index (χ1) is 24.3. The number of carbonyl (C=O) groups is 2. The SMILES string of the molecule is CCN(c1cc(-c2ccc3c(c2)N(C)C(=O)C32CCOCC2)cc(C(=O)NCc2c(OC)cc(C)[nH]c2=O)c1C)C1CCN(CC(F)(F)F)CC1. The fourth-order valence-electron chi connectivity index (χ4n) is 8.11. The molecule has 2 saturated heterocycles. The molecule has 0 atom stereocenters. The van der Waals surface area contributed by atoms with Crippen LogP contribution in [-0.4, -0.2) is 87.5 Å². The first-order valence-electron chi connectivity index (χ1n) is 17.5. The number of piperidine rings is 1. The summed E-state index contributed by atoms with van der Waals surface area (Å²) in [4.78, 5) is 48.6. The lowest BCUT2D eigenvalue weighted by molar-refractivity contribution is -0.147.